The highest BCUT2D eigenvalue weighted by molar-refractivity contribution is 5.69. The molecule has 0 bridgehead atoms. The van der Waals surface area contributed by atoms with Gasteiger partial charge in [0.2, 0.25) is 0 Å². The first-order valence-corrected chi connectivity index (χ1v) is 9.59. The highest BCUT2D eigenvalue weighted by Gasteiger charge is 2.03. The highest BCUT2D eigenvalue weighted by Crippen LogP contribution is 2.07. The van der Waals surface area contributed by atoms with Gasteiger partial charge in [-0.05, 0) is 12.8 Å². The lowest BCUT2D eigenvalue weighted by atomic mass is 10.1. The van der Waals surface area contributed by atoms with Crippen LogP contribution in [0.25, 0.3) is 0 Å². The summed E-state index contributed by atoms with van der Waals surface area (Å²) in [5.41, 5.74) is 0. The van der Waals surface area contributed by atoms with E-state index >= 15 is 0 Å². The molecule has 0 N–H and O–H groups in total. The van der Waals surface area contributed by atoms with Crippen LogP contribution in [-0.2, 0) is 23.8 Å². The number of esters is 2. The summed E-state index contributed by atoms with van der Waals surface area (Å²) in [4.78, 5) is 22.8. The zero-order chi connectivity index (χ0) is 17.9. The molecule has 24 heavy (non-hydrogen) atoms. The largest absolute Gasteiger partial charge is 0.463 e. The first kappa shape index (κ1) is 22.9. The van der Waals surface area contributed by atoms with Crippen LogP contribution in [0, 0.1) is 0 Å². The van der Waals surface area contributed by atoms with Crippen molar-refractivity contribution in [3.8, 4) is 0 Å². The summed E-state index contributed by atoms with van der Waals surface area (Å²) in [6.45, 7) is 5.50. The van der Waals surface area contributed by atoms with Crippen LogP contribution in [-0.4, -0.2) is 38.4 Å². The third-order valence-electron chi connectivity index (χ3n) is 3.70. The standard InChI is InChI=1S/C19H36O5/c1-3-5-7-8-9-11-13-19(21)24-17-15-22-14-16-23-18(20)12-10-6-4-2/h3-17H2,1-2H3. The van der Waals surface area contributed by atoms with Gasteiger partial charge in [0.05, 0.1) is 13.2 Å². The van der Waals surface area contributed by atoms with E-state index in [1.165, 1.54) is 25.7 Å². The molecular weight excluding hydrogens is 308 g/mol. The number of carbonyl (C=O) groups is 2. The van der Waals surface area contributed by atoms with Crippen LogP contribution < -0.4 is 0 Å². The Balaban J connectivity index is 3.25. The van der Waals surface area contributed by atoms with Crippen LogP contribution in [0.1, 0.15) is 84.5 Å². The monoisotopic (exact) mass is 344 g/mol. The van der Waals surface area contributed by atoms with Gasteiger partial charge in [0.15, 0.2) is 0 Å². The third-order valence-corrected chi connectivity index (χ3v) is 3.70. The molecule has 0 saturated carbocycles. The Bertz CT molecular complexity index is 304. The number of unbranched alkanes of at least 4 members (excludes halogenated alkanes) is 7. The molecule has 5 nitrogen and oxygen atoms in total. The molecule has 0 unspecified atom stereocenters. The van der Waals surface area contributed by atoms with Gasteiger partial charge < -0.3 is 14.2 Å². The average Bonchev–Trinajstić information content (AvgIpc) is 2.57. The Labute approximate surface area is 147 Å². The van der Waals surface area contributed by atoms with Crippen molar-refractivity contribution in [1.82, 2.24) is 0 Å². The Morgan fingerprint density at radius 2 is 1.00 bits per heavy atom. The molecule has 0 aromatic carbocycles. The van der Waals surface area contributed by atoms with Crippen LogP contribution >= 0.6 is 0 Å². The molecule has 0 aliphatic rings. The molecule has 0 aliphatic carbocycles. The second-order valence-corrected chi connectivity index (χ2v) is 6.03. The molecule has 0 amide bonds. The van der Waals surface area contributed by atoms with Crippen molar-refractivity contribution in [2.45, 2.75) is 84.5 Å². The van der Waals surface area contributed by atoms with Gasteiger partial charge in [-0.2, -0.15) is 0 Å². The third kappa shape index (κ3) is 17.3. The van der Waals surface area contributed by atoms with E-state index in [0.717, 1.165) is 32.1 Å². The van der Waals surface area contributed by atoms with Crippen LogP contribution in [0.2, 0.25) is 0 Å². The second kappa shape index (κ2) is 18.2. The van der Waals surface area contributed by atoms with E-state index in [1.807, 2.05) is 0 Å². The summed E-state index contributed by atoms with van der Waals surface area (Å²) in [6, 6.07) is 0. The smallest absolute Gasteiger partial charge is 0.305 e. The molecule has 5 heteroatoms. The zero-order valence-electron chi connectivity index (χ0n) is 15.6. The van der Waals surface area contributed by atoms with Crippen LogP contribution in [0.3, 0.4) is 0 Å². The van der Waals surface area contributed by atoms with Gasteiger partial charge in [0.1, 0.15) is 13.2 Å². The van der Waals surface area contributed by atoms with E-state index in [2.05, 4.69) is 13.8 Å². The molecule has 0 aliphatic heterocycles. The molecule has 0 fully saturated rings. The predicted octanol–water partition coefficient (Wildman–Crippen LogP) is 4.42. The summed E-state index contributed by atoms with van der Waals surface area (Å²) >= 11 is 0. The Morgan fingerprint density at radius 1 is 0.583 bits per heavy atom. The van der Waals surface area contributed by atoms with Crippen LogP contribution in [0.4, 0.5) is 0 Å². The minimum Gasteiger partial charge on any atom is -0.463 e. The van der Waals surface area contributed by atoms with Gasteiger partial charge in [-0.15, -0.1) is 0 Å². The van der Waals surface area contributed by atoms with Crippen molar-refractivity contribution >= 4 is 11.9 Å². The van der Waals surface area contributed by atoms with E-state index < -0.39 is 0 Å². The van der Waals surface area contributed by atoms with Crippen molar-refractivity contribution in [3.63, 3.8) is 0 Å². The SMILES string of the molecule is CCCCCCCCC(=O)OCCOCCOC(=O)CCCCC. The molecule has 0 aromatic heterocycles. The van der Waals surface area contributed by atoms with E-state index in [1.54, 1.807) is 0 Å². The molecule has 0 radical (unpaired) electrons. The average molecular weight is 344 g/mol. The van der Waals surface area contributed by atoms with Crippen molar-refractivity contribution in [1.29, 1.82) is 0 Å². The lowest BCUT2D eigenvalue weighted by Gasteiger charge is -2.07. The van der Waals surface area contributed by atoms with Gasteiger partial charge >= 0.3 is 11.9 Å². The van der Waals surface area contributed by atoms with Gasteiger partial charge in [-0.1, -0.05) is 58.8 Å². The highest BCUT2D eigenvalue weighted by atomic mass is 16.6. The lowest BCUT2D eigenvalue weighted by molar-refractivity contribution is -0.146. The number of rotatable bonds is 17. The van der Waals surface area contributed by atoms with Crippen molar-refractivity contribution in [3.05, 3.63) is 0 Å². The van der Waals surface area contributed by atoms with E-state index in [0.29, 0.717) is 26.1 Å². The summed E-state index contributed by atoms with van der Waals surface area (Å²) in [7, 11) is 0. The van der Waals surface area contributed by atoms with Crippen molar-refractivity contribution in [2.24, 2.45) is 0 Å². The first-order chi connectivity index (χ1) is 11.7. The Morgan fingerprint density at radius 3 is 1.54 bits per heavy atom. The zero-order valence-corrected chi connectivity index (χ0v) is 15.6. The van der Waals surface area contributed by atoms with E-state index in [9.17, 15) is 9.59 Å². The number of carbonyl (C=O) groups excluding carboxylic acids is 2. The Hall–Kier alpha value is -1.10. The molecule has 0 aromatic rings. The summed E-state index contributed by atoms with van der Waals surface area (Å²) in [5, 5.41) is 0. The topological polar surface area (TPSA) is 61.8 Å². The maximum absolute atomic E-state index is 11.5. The number of hydrogen-bond donors (Lipinski definition) is 0. The lowest BCUT2D eigenvalue weighted by Crippen LogP contribution is -2.14. The van der Waals surface area contributed by atoms with Gasteiger partial charge in [0.25, 0.3) is 0 Å². The minimum atomic E-state index is -0.169. The molecule has 0 saturated heterocycles. The molecule has 0 atom stereocenters. The number of ether oxygens (including phenoxy) is 3. The molecule has 0 rings (SSSR count). The van der Waals surface area contributed by atoms with Gasteiger partial charge in [-0.3, -0.25) is 9.59 Å². The second-order valence-electron chi connectivity index (χ2n) is 6.03. The summed E-state index contributed by atoms with van der Waals surface area (Å²) < 4.78 is 15.4. The predicted molar refractivity (Wildman–Crippen MR) is 94.9 cm³/mol. The molecule has 0 spiro atoms. The fourth-order valence-corrected chi connectivity index (χ4v) is 2.24. The quantitative estimate of drug-likeness (QED) is 0.289. The molecule has 142 valence electrons. The minimum absolute atomic E-state index is 0.156. The first-order valence-electron chi connectivity index (χ1n) is 9.59. The Kier molecular flexibility index (Phi) is 17.4. The van der Waals surface area contributed by atoms with Crippen molar-refractivity contribution < 1.29 is 23.8 Å². The fraction of sp³-hybridized carbons (Fsp3) is 0.895. The van der Waals surface area contributed by atoms with Crippen molar-refractivity contribution in [2.75, 3.05) is 26.4 Å². The van der Waals surface area contributed by atoms with E-state index in [4.69, 9.17) is 14.2 Å². The van der Waals surface area contributed by atoms with Gasteiger partial charge in [-0.25, -0.2) is 0 Å². The van der Waals surface area contributed by atoms with Crippen LogP contribution in [0.15, 0.2) is 0 Å². The normalized spacial score (nSPS) is 10.6. The number of hydrogen-bond acceptors (Lipinski definition) is 5. The molecular formula is C19H36O5. The molecule has 0 heterocycles. The van der Waals surface area contributed by atoms with Gasteiger partial charge in [0, 0.05) is 12.8 Å². The van der Waals surface area contributed by atoms with Crippen LogP contribution in [0.5, 0.6) is 0 Å². The summed E-state index contributed by atoms with van der Waals surface area (Å²) in [5.74, 6) is -0.325. The maximum Gasteiger partial charge on any atom is 0.305 e. The maximum atomic E-state index is 11.5. The summed E-state index contributed by atoms with van der Waals surface area (Å²) in [6.07, 6.45) is 10.9. The fourth-order valence-electron chi connectivity index (χ4n) is 2.24. The van der Waals surface area contributed by atoms with E-state index in [-0.39, 0.29) is 25.2 Å².